The second-order valence-corrected chi connectivity index (χ2v) is 4.52. The molecule has 0 bridgehead atoms. The van der Waals surface area contributed by atoms with Crippen LogP contribution in [0, 0.1) is 0 Å². The Balaban J connectivity index is 0.00000180. The summed E-state index contributed by atoms with van der Waals surface area (Å²) in [4.78, 5) is 11.7. The Bertz CT molecular complexity index is 367. The van der Waals surface area contributed by atoms with Crippen molar-refractivity contribution in [2.24, 2.45) is 0 Å². The van der Waals surface area contributed by atoms with Gasteiger partial charge >= 0.3 is 0 Å². The van der Waals surface area contributed by atoms with Crippen molar-refractivity contribution in [1.82, 2.24) is 10.6 Å². The number of hydrogen-bond donors (Lipinski definition) is 2. The first-order valence-electron chi connectivity index (χ1n) is 6.52. The van der Waals surface area contributed by atoms with E-state index < -0.39 is 0 Å². The van der Waals surface area contributed by atoms with Gasteiger partial charge in [-0.25, -0.2) is 0 Å². The lowest BCUT2D eigenvalue weighted by Crippen LogP contribution is -2.45. The maximum Gasteiger partial charge on any atom is 0.223 e. The lowest BCUT2D eigenvalue weighted by atomic mass is 10.1. The number of ether oxygens (including phenoxy) is 1. The first kappa shape index (κ1) is 15.8. The van der Waals surface area contributed by atoms with Crippen molar-refractivity contribution < 1.29 is 9.53 Å². The van der Waals surface area contributed by atoms with Crippen molar-refractivity contribution in [2.75, 3.05) is 19.7 Å². The van der Waals surface area contributed by atoms with Crippen molar-refractivity contribution in [3.05, 3.63) is 30.3 Å². The summed E-state index contributed by atoms with van der Waals surface area (Å²) in [5, 5.41) is 6.30. The van der Waals surface area contributed by atoms with E-state index in [0.29, 0.717) is 13.0 Å². The van der Waals surface area contributed by atoms with Crippen LogP contribution in [0.4, 0.5) is 0 Å². The number of hydrogen-bond acceptors (Lipinski definition) is 3. The fourth-order valence-electron chi connectivity index (χ4n) is 2.05. The van der Waals surface area contributed by atoms with E-state index in [-0.39, 0.29) is 24.4 Å². The lowest BCUT2D eigenvalue weighted by molar-refractivity contribution is -0.122. The molecule has 1 aromatic rings. The molecule has 19 heavy (non-hydrogen) atoms. The SMILES string of the molecule is Cl.O=C(CCOc1ccccc1)N[C@H]1CCCNC1. The molecule has 106 valence electrons. The second kappa shape index (κ2) is 8.77. The van der Waals surface area contributed by atoms with Gasteiger partial charge in [0.05, 0.1) is 13.0 Å². The molecule has 1 aromatic carbocycles. The average Bonchev–Trinajstić information content (AvgIpc) is 2.41. The van der Waals surface area contributed by atoms with E-state index in [0.717, 1.165) is 31.7 Å². The number of nitrogens with one attached hydrogen (secondary N) is 2. The molecule has 1 aliphatic heterocycles. The molecular formula is C14H21ClN2O2. The zero-order valence-corrected chi connectivity index (χ0v) is 11.7. The molecule has 0 unspecified atom stereocenters. The summed E-state index contributed by atoms with van der Waals surface area (Å²) < 4.78 is 5.49. The normalized spacial score (nSPS) is 18.2. The summed E-state index contributed by atoms with van der Waals surface area (Å²) >= 11 is 0. The molecule has 0 aliphatic carbocycles. The van der Waals surface area contributed by atoms with Crippen molar-refractivity contribution in [1.29, 1.82) is 0 Å². The molecule has 2 rings (SSSR count). The molecule has 4 nitrogen and oxygen atoms in total. The molecule has 1 amide bonds. The van der Waals surface area contributed by atoms with Gasteiger partial charge in [0, 0.05) is 12.6 Å². The molecule has 0 saturated carbocycles. The van der Waals surface area contributed by atoms with Crippen LogP contribution in [0.5, 0.6) is 5.75 Å². The van der Waals surface area contributed by atoms with E-state index in [1.165, 1.54) is 0 Å². The highest BCUT2D eigenvalue weighted by atomic mass is 35.5. The zero-order valence-electron chi connectivity index (χ0n) is 10.9. The largest absolute Gasteiger partial charge is 0.493 e. The van der Waals surface area contributed by atoms with Gasteiger partial charge in [0.1, 0.15) is 5.75 Å². The van der Waals surface area contributed by atoms with E-state index >= 15 is 0 Å². The smallest absolute Gasteiger partial charge is 0.223 e. The van der Waals surface area contributed by atoms with Gasteiger partial charge in [0.2, 0.25) is 5.91 Å². The molecule has 1 saturated heterocycles. The summed E-state index contributed by atoms with van der Waals surface area (Å²) in [5.74, 6) is 0.879. The van der Waals surface area contributed by atoms with Crippen LogP contribution in [0.2, 0.25) is 0 Å². The highest BCUT2D eigenvalue weighted by molar-refractivity contribution is 5.85. The highest BCUT2D eigenvalue weighted by Gasteiger charge is 2.14. The number of para-hydroxylation sites is 1. The van der Waals surface area contributed by atoms with Gasteiger partial charge in [-0.05, 0) is 31.5 Å². The number of halogens is 1. The second-order valence-electron chi connectivity index (χ2n) is 4.52. The maximum atomic E-state index is 11.7. The van der Waals surface area contributed by atoms with Gasteiger partial charge in [-0.3, -0.25) is 4.79 Å². The molecular weight excluding hydrogens is 264 g/mol. The number of carbonyl (C=O) groups is 1. The number of amides is 1. The fourth-order valence-corrected chi connectivity index (χ4v) is 2.05. The Morgan fingerprint density at radius 1 is 1.37 bits per heavy atom. The summed E-state index contributed by atoms with van der Waals surface area (Å²) in [6, 6.07) is 9.84. The van der Waals surface area contributed by atoms with Crippen LogP contribution < -0.4 is 15.4 Å². The summed E-state index contributed by atoms with van der Waals surface area (Å²) in [6.07, 6.45) is 2.61. The maximum absolute atomic E-state index is 11.7. The molecule has 0 aromatic heterocycles. The highest BCUT2D eigenvalue weighted by Crippen LogP contribution is 2.08. The molecule has 2 N–H and O–H groups in total. The molecule has 1 heterocycles. The number of piperidine rings is 1. The fraction of sp³-hybridized carbons (Fsp3) is 0.500. The minimum Gasteiger partial charge on any atom is -0.493 e. The first-order valence-corrected chi connectivity index (χ1v) is 6.52. The van der Waals surface area contributed by atoms with Crippen LogP contribution in [-0.2, 0) is 4.79 Å². The number of rotatable bonds is 5. The van der Waals surface area contributed by atoms with Crippen LogP contribution >= 0.6 is 12.4 Å². The third-order valence-corrected chi connectivity index (χ3v) is 3.00. The molecule has 5 heteroatoms. The van der Waals surface area contributed by atoms with Crippen LogP contribution in [-0.4, -0.2) is 31.6 Å². The topological polar surface area (TPSA) is 50.4 Å². The summed E-state index contributed by atoms with van der Waals surface area (Å²) in [6.45, 7) is 2.37. The van der Waals surface area contributed by atoms with E-state index in [4.69, 9.17) is 4.74 Å². The first-order chi connectivity index (χ1) is 8.84. The van der Waals surface area contributed by atoms with Crippen molar-refractivity contribution in [3.63, 3.8) is 0 Å². The Hall–Kier alpha value is -1.26. The zero-order chi connectivity index (χ0) is 12.6. The Labute approximate surface area is 120 Å². The summed E-state index contributed by atoms with van der Waals surface area (Å²) in [5.41, 5.74) is 0. The molecule has 0 spiro atoms. The van der Waals surface area contributed by atoms with E-state index in [1.54, 1.807) is 0 Å². The van der Waals surface area contributed by atoms with Gasteiger partial charge in [-0.1, -0.05) is 18.2 Å². The Kier molecular flexibility index (Phi) is 7.30. The van der Waals surface area contributed by atoms with Crippen LogP contribution in [0.1, 0.15) is 19.3 Å². The number of benzene rings is 1. The summed E-state index contributed by atoms with van der Waals surface area (Å²) in [7, 11) is 0. The van der Waals surface area contributed by atoms with Crippen molar-refractivity contribution in [2.45, 2.75) is 25.3 Å². The quantitative estimate of drug-likeness (QED) is 0.866. The van der Waals surface area contributed by atoms with Gasteiger partial charge in [0.25, 0.3) is 0 Å². The van der Waals surface area contributed by atoms with Gasteiger partial charge in [-0.15, -0.1) is 12.4 Å². The third-order valence-electron chi connectivity index (χ3n) is 3.00. The Morgan fingerprint density at radius 3 is 2.84 bits per heavy atom. The van der Waals surface area contributed by atoms with Crippen LogP contribution in [0.3, 0.4) is 0 Å². The number of carbonyl (C=O) groups excluding carboxylic acids is 1. The van der Waals surface area contributed by atoms with E-state index in [1.807, 2.05) is 30.3 Å². The standard InChI is InChI=1S/C14H20N2O2.ClH/c17-14(16-12-5-4-9-15-11-12)8-10-18-13-6-2-1-3-7-13;/h1-3,6-7,12,15H,4-5,8-11H2,(H,16,17);1H/t12-;/m0./s1. The van der Waals surface area contributed by atoms with E-state index in [9.17, 15) is 4.79 Å². The Morgan fingerprint density at radius 2 is 2.16 bits per heavy atom. The predicted molar refractivity (Wildman–Crippen MR) is 77.8 cm³/mol. The third kappa shape index (κ3) is 5.94. The molecule has 1 fully saturated rings. The van der Waals surface area contributed by atoms with Crippen LogP contribution in [0.15, 0.2) is 30.3 Å². The lowest BCUT2D eigenvalue weighted by Gasteiger charge is -2.23. The predicted octanol–water partition coefficient (Wildman–Crippen LogP) is 1.75. The monoisotopic (exact) mass is 284 g/mol. The van der Waals surface area contributed by atoms with Gasteiger partial charge < -0.3 is 15.4 Å². The van der Waals surface area contributed by atoms with Gasteiger partial charge in [0.15, 0.2) is 0 Å². The molecule has 1 aliphatic rings. The molecule has 1 atom stereocenters. The van der Waals surface area contributed by atoms with Crippen molar-refractivity contribution >= 4 is 18.3 Å². The average molecular weight is 285 g/mol. The minimum absolute atomic E-state index is 0. The van der Waals surface area contributed by atoms with E-state index in [2.05, 4.69) is 10.6 Å². The van der Waals surface area contributed by atoms with Gasteiger partial charge in [-0.2, -0.15) is 0 Å². The minimum atomic E-state index is 0. The van der Waals surface area contributed by atoms with Crippen LogP contribution in [0.25, 0.3) is 0 Å². The van der Waals surface area contributed by atoms with Crippen molar-refractivity contribution in [3.8, 4) is 5.75 Å². The molecule has 0 radical (unpaired) electrons.